The summed E-state index contributed by atoms with van der Waals surface area (Å²) in [5.74, 6) is 0.519. The highest BCUT2D eigenvalue weighted by molar-refractivity contribution is 7.89. The highest BCUT2D eigenvalue weighted by Gasteiger charge is 2.25. The van der Waals surface area contributed by atoms with Crippen LogP contribution >= 0.6 is 0 Å². The molecular formula is C20H25N3O4S. The first-order valence-electron chi connectivity index (χ1n) is 9.27. The largest absolute Gasteiger partial charge is 0.497 e. The molecule has 1 heterocycles. The van der Waals surface area contributed by atoms with E-state index in [9.17, 15) is 13.2 Å². The molecule has 1 aliphatic rings. The lowest BCUT2D eigenvalue weighted by Gasteiger charge is -2.25. The van der Waals surface area contributed by atoms with Crippen molar-refractivity contribution in [3.05, 3.63) is 48.5 Å². The Bertz CT molecular complexity index is 890. The molecule has 7 nitrogen and oxygen atoms in total. The summed E-state index contributed by atoms with van der Waals surface area (Å²) in [6.07, 6.45) is 2.89. The number of nitrogens with one attached hydrogen (secondary N) is 2. The van der Waals surface area contributed by atoms with E-state index in [-0.39, 0.29) is 17.3 Å². The van der Waals surface area contributed by atoms with E-state index in [4.69, 9.17) is 4.74 Å². The van der Waals surface area contributed by atoms with Gasteiger partial charge in [0.05, 0.1) is 18.6 Å². The smallest absolute Gasteiger partial charge is 0.243 e. The molecule has 2 aromatic carbocycles. The van der Waals surface area contributed by atoms with Gasteiger partial charge >= 0.3 is 0 Å². The molecule has 28 heavy (non-hydrogen) atoms. The summed E-state index contributed by atoms with van der Waals surface area (Å²) in [5, 5.41) is 5.78. The Labute approximate surface area is 165 Å². The maximum Gasteiger partial charge on any atom is 0.243 e. The Kier molecular flexibility index (Phi) is 6.53. The van der Waals surface area contributed by atoms with Crippen molar-refractivity contribution >= 4 is 27.3 Å². The number of hydrogen-bond acceptors (Lipinski definition) is 5. The van der Waals surface area contributed by atoms with E-state index in [0.717, 1.165) is 25.0 Å². The quantitative estimate of drug-likeness (QED) is 0.742. The van der Waals surface area contributed by atoms with Crippen molar-refractivity contribution < 1.29 is 17.9 Å². The molecular weight excluding hydrogens is 378 g/mol. The number of hydrogen-bond donors (Lipinski definition) is 2. The number of carbonyl (C=O) groups excluding carboxylic acids is 1. The van der Waals surface area contributed by atoms with Gasteiger partial charge in [-0.25, -0.2) is 8.42 Å². The van der Waals surface area contributed by atoms with Crippen LogP contribution in [0.3, 0.4) is 0 Å². The molecule has 3 rings (SSSR count). The van der Waals surface area contributed by atoms with Crippen LogP contribution in [0.15, 0.2) is 53.4 Å². The number of rotatable bonds is 7. The van der Waals surface area contributed by atoms with Crippen molar-refractivity contribution in [1.82, 2.24) is 4.31 Å². The van der Waals surface area contributed by atoms with Crippen LogP contribution in [-0.4, -0.2) is 45.4 Å². The fourth-order valence-electron chi connectivity index (χ4n) is 3.06. The van der Waals surface area contributed by atoms with Gasteiger partial charge in [0.1, 0.15) is 5.75 Å². The molecule has 0 aromatic heterocycles. The number of carbonyl (C=O) groups is 1. The molecule has 1 fully saturated rings. The van der Waals surface area contributed by atoms with Gasteiger partial charge in [-0.2, -0.15) is 4.31 Å². The minimum absolute atomic E-state index is 0.0737. The second-order valence-corrected chi connectivity index (χ2v) is 8.56. The van der Waals surface area contributed by atoms with E-state index in [0.29, 0.717) is 24.5 Å². The molecule has 2 aromatic rings. The molecule has 0 saturated carbocycles. The fourth-order valence-corrected chi connectivity index (χ4v) is 4.58. The Hall–Kier alpha value is -2.58. The summed E-state index contributed by atoms with van der Waals surface area (Å²) in [4.78, 5) is 12.3. The molecule has 0 radical (unpaired) electrons. The van der Waals surface area contributed by atoms with Crippen LogP contribution in [0.1, 0.15) is 19.3 Å². The first-order valence-corrected chi connectivity index (χ1v) is 10.7. The molecule has 0 bridgehead atoms. The molecule has 1 amide bonds. The normalized spacial score (nSPS) is 15.0. The Morgan fingerprint density at radius 1 is 0.964 bits per heavy atom. The summed E-state index contributed by atoms with van der Waals surface area (Å²) >= 11 is 0. The van der Waals surface area contributed by atoms with Crippen LogP contribution in [0.4, 0.5) is 11.4 Å². The number of nitrogens with zero attached hydrogens (tertiary/aromatic N) is 1. The van der Waals surface area contributed by atoms with Crippen molar-refractivity contribution in [2.24, 2.45) is 0 Å². The molecule has 8 heteroatoms. The summed E-state index contributed by atoms with van der Waals surface area (Å²) < 4.78 is 31.9. The van der Waals surface area contributed by atoms with Crippen LogP contribution in [0.2, 0.25) is 0 Å². The molecule has 0 spiro atoms. The Balaban J connectivity index is 1.54. The third-order valence-corrected chi connectivity index (χ3v) is 6.55. The topological polar surface area (TPSA) is 87.7 Å². The first kappa shape index (κ1) is 20.2. The van der Waals surface area contributed by atoms with E-state index in [2.05, 4.69) is 10.6 Å². The molecule has 1 saturated heterocycles. The first-order chi connectivity index (χ1) is 13.5. The number of amides is 1. The van der Waals surface area contributed by atoms with Gasteiger partial charge in [-0.1, -0.05) is 6.42 Å². The SMILES string of the molecule is COc1ccc(NC(=O)CNc2ccc(S(=O)(=O)N3CCCCC3)cc2)cc1. The highest BCUT2D eigenvalue weighted by atomic mass is 32.2. The lowest BCUT2D eigenvalue weighted by atomic mass is 10.2. The molecule has 0 atom stereocenters. The zero-order chi connectivity index (χ0) is 20.0. The van der Waals surface area contributed by atoms with Crippen molar-refractivity contribution in [1.29, 1.82) is 0 Å². The summed E-state index contributed by atoms with van der Waals surface area (Å²) in [6.45, 7) is 1.23. The van der Waals surface area contributed by atoms with Gasteiger partial charge in [0.2, 0.25) is 15.9 Å². The highest BCUT2D eigenvalue weighted by Crippen LogP contribution is 2.22. The monoisotopic (exact) mass is 403 g/mol. The van der Waals surface area contributed by atoms with Gasteiger partial charge in [0, 0.05) is 24.5 Å². The van der Waals surface area contributed by atoms with E-state index in [1.165, 1.54) is 0 Å². The zero-order valence-electron chi connectivity index (χ0n) is 15.8. The Morgan fingerprint density at radius 2 is 1.57 bits per heavy atom. The summed E-state index contributed by atoms with van der Waals surface area (Å²) in [5.41, 5.74) is 1.36. The van der Waals surface area contributed by atoms with E-state index >= 15 is 0 Å². The minimum Gasteiger partial charge on any atom is -0.497 e. The lowest BCUT2D eigenvalue weighted by molar-refractivity contribution is -0.114. The second kappa shape index (κ2) is 9.07. The third kappa shape index (κ3) is 5.02. The fraction of sp³-hybridized carbons (Fsp3) is 0.350. The van der Waals surface area contributed by atoms with Gasteiger partial charge in [-0.05, 0) is 61.4 Å². The minimum atomic E-state index is -3.44. The molecule has 0 aliphatic carbocycles. The average molecular weight is 404 g/mol. The summed E-state index contributed by atoms with van der Waals surface area (Å²) in [6, 6.07) is 13.6. The van der Waals surface area contributed by atoms with Crippen LogP contribution < -0.4 is 15.4 Å². The molecule has 0 unspecified atom stereocenters. The standard InChI is InChI=1S/C20H25N3O4S/c1-27-18-9-5-17(6-10-18)22-20(24)15-21-16-7-11-19(12-8-16)28(25,26)23-13-3-2-4-14-23/h5-12,21H,2-4,13-15H2,1H3,(H,22,24). The second-order valence-electron chi connectivity index (χ2n) is 6.62. The van der Waals surface area contributed by atoms with Gasteiger partial charge in [0.25, 0.3) is 0 Å². The zero-order valence-corrected chi connectivity index (χ0v) is 16.7. The maximum absolute atomic E-state index is 12.6. The van der Waals surface area contributed by atoms with Crippen molar-refractivity contribution in [2.45, 2.75) is 24.2 Å². The van der Waals surface area contributed by atoms with Crippen LogP contribution in [0, 0.1) is 0 Å². The molecule has 1 aliphatic heterocycles. The number of ether oxygens (including phenoxy) is 1. The van der Waals surface area contributed by atoms with Crippen LogP contribution in [0.25, 0.3) is 0 Å². The predicted octanol–water partition coefficient (Wildman–Crippen LogP) is 2.92. The van der Waals surface area contributed by atoms with Gasteiger partial charge in [-0.3, -0.25) is 4.79 Å². The van der Waals surface area contributed by atoms with E-state index in [1.807, 2.05) is 0 Å². The van der Waals surface area contributed by atoms with E-state index < -0.39 is 10.0 Å². The maximum atomic E-state index is 12.6. The van der Waals surface area contributed by atoms with Crippen molar-refractivity contribution in [3.63, 3.8) is 0 Å². The number of anilines is 2. The summed E-state index contributed by atoms with van der Waals surface area (Å²) in [7, 11) is -1.86. The Morgan fingerprint density at radius 3 is 2.18 bits per heavy atom. The van der Waals surface area contributed by atoms with Gasteiger partial charge in [-0.15, -0.1) is 0 Å². The number of sulfonamides is 1. The lowest BCUT2D eigenvalue weighted by Crippen LogP contribution is -2.35. The number of benzene rings is 2. The third-order valence-electron chi connectivity index (χ3n) is 4.63. The molecule has 2 N–H and O–H groups in total. The van der Waals surface area contributed by atoms with Crippen LogP contribution in [-0.2, 0) is 14.8 Å². The number of piperidine rings is 1. The predicted molar refractivity (Wildman–Crippen MR) is 109 cm³/mol. The van der Waals surface area contributed by atoms with Crippen LogP contribution in [0.5, 0.6) is 5.75 Å². The molecule has 150 valence electrons. The van der Waals surface area contributed by atoms with Gasteiger partial charge in [0.15, 0.2) is 0 Å². The van der Waals surface area contributed by atoms with Crippen molar-refractivity contribution in [2.75, 3.05) is 37.4 Å². The van der Waals surface area contributed by atoms with Crippen molar-refractivity contribution in [3.8, 4) is 5.75 Å². The van der Waals surface area contributed by atoms with Gasteiger partial charge < -0.3 is 15.4 Å². The number of methoxy groups -OCH3 is 1. The van der Waals surface area contributed by atoms with E-state index in [1.54, 1.807) is 59.9 Å². The average Bonchev–Trinajstić information content (AvgIpc) is 2.74.